The Bertz CT molecular complexity index is 363. The first kappa shape index (κ1) is 9.23. The van der Waals surface area contributed by atoms with Gasteiger partial charge in [-0.2, -0.15) is 5.26 Å². The van der Waals surface area contributed by atoms with Crippen LogP contribution in [0.5, 0.6) is 0 Å². The van der Waals surface area contributed by atoms with Gasteiger partial charge >= 0.3 is 0 Å². The second-order valence-corrected chi connectivity index (χ2v) is 3.72. The highest BCUT2D eigenvalue weighted by atomic mass is 14.9. The van der Waals surface area contributed by atoms with Gasteiger partial charge in [0.2, 0.25) is 0 Å². The molecule has 0 fully saturated rings. The van der Waals surface area contributed by atoms with E-state index in [0.717, 1.165) is 25.9 Å². The summed E-state index contributed by atoms with van der Waals surface area (Å²) in [4.78, 5) is 0. The zero-order valence-electron chi connectivity index (χ0n) is 8.21. The fourth-order valence-electron chi connectivity index (χ4n) is 1.88. The summed E-state index contributed by atoms with van der Waals surface area (Å²) in [5.74, 6) is 0. The lowest BCUT2D eigenvalue weighted by molar-refractivity contribution is 0.764. The molecule has 14 heavy (non-hydrogen) atoms. The zero-order chi connectivity index (χ0) is 9.80. The zero-order valence-corrected chi connectivity index (χ0v) is 8.21. The summed E-state index contributed by atoms with van der Waals surface area (Å²) in [6.07, 6.45) is 2.67. The molecular formula is C12H14N2. The van der Waals surface area contributed by atoms with Crippen molar-refractivity contribution >= 4 is 0 Å². The predicted octanol–water partition coefficient (Wildman–Crippen LogP) is 2.14. The molecule has 0 bridgehead atoms. The average molecular weight is 186 g/mol. The minimum absolute atomic E-state index is 0.662. The lowest BCUT2D eigenvalue weighted by atomic mass is 10.0. The van der Waals surface area contributed by atoms with Crippen LogP contribution < -0.4 is 5.32 Å². The van der Waals surface area contributed by atoms with Gasteiger partial charge in [0.25, 0.3) is 0 Å². The highest BCUT2D eigenvalue weighted by Crippen LogP contribution is 2.18. The second kappa shape index (κ2) is 4.26. The van der Waals surface area contributed by atoms with Crippen LogP contribution in [0.3, 0.4) is 0 Å². The van der Waals surface area contributed by atoms with Gasteiger partial charge in [0.1, 0.15) is 0 Å². The molecule has 2 nitrogen and oxygen atoms in total. The van der Waals surface area contributed by atoms with E-state index in [1.807, 2.05) is 0 Å². The molecule has 1 aromatic rings. The number of benzene rings is 1. The number of nitrogens with one attached hydrogen (secondary N) is 1. The monoisotopic (exact) mass is 186 g/mol. The summed E-state index contributed by atoms with van der Waals surface area (Å²) in [7, 11) is 0. The summed E-state index contributed by atoms with van der Waals surface area (Å²) in [6.45, 7) is 2.01. The van der Waals surface area contributed by atoms with E-state index < -0.39 is 0 Å². The second-order valence-electron chi connectivity index (χ2n) is 3.72. The van der Waals surface area contributed by atoms with E-state index in [-0.39, 0.29) is 0 Å². The number of nitrogens with zero attached hydrogens (tertiary/aromatic N) is 1. The number of rotatable bonds is 3. The molecule has 1 aromatic carbocycles. The van der Waals surface area contributed by atoms with Gasteiger partial charge in [-0.05, 0) is 29.5 Å². The number of fused-ring (bicyclic) bond motifs is 1. The molecule has 0 unspecified atom stereocenters. The summed E-state index contributed by atoms with van der Waals surface area (Å²) >= 11 is 0. The Balaban J connectivity index is 2.02. The van der Waals surface area contributed by atoms with Gasteiger partial charge in [-0.15, -0.1) is 0 Å². The Labute approximate surface area is 84.6 Å². The van der Waals surface area contributed by atoms with Crippen molar-refractivity contribution in [1.29, 1.82) is 5.26 Å². The topological polar surface area (TPSA) is 35.8 Å². The van der Waals surface area contributed by atoms with Crippen LogP contribution >= 0.6 is 0 Å². The molecule has 0 aromatic heterocycles. The van der Waals surface area contributed by atoms with Gasteiger partial charge in [0.05, 0.1) is 6.07 Å². The van der Waals surface area contributed by atoms with Crippen molar-refractivity contribution in [3.8, 4) is 6.07 Å². The summed E-state index contributed by atoms with van der Waals surface area (Å²) < 4.78 is 0. The van der Waals surface area contributed by atoms with Crippen molar-refractivity contribution in [2.45, 2.75) is 32.4 Å². The normalized spacial score (nSPS) is 13.6. The van der Waals surface area contributed by atoms with Gasteiger partial charge in [-0.25, -0.2) is 0 Å². The molecule has 1 aliphatic heterocycles. The first-order chi connectivity index (χ1) is 6.90. The molecule has 1 heterocycles. The minimum atomic E-state index is 0.662. The van der Waals surface area contributed by atoms with Crippen LogP contribution in [-0.4, -0.2) is 0 Å². The minimum Gasteiger partial charge on any atom is -0.309 e. The third-order valence-electron chi connectivity index (χ3n) is 2.66. The molecule has 0 saturated carbocycles. The van der Waals surface area contributed by atoms with Crippen LogP contribution in [-0.2, 0) is 19.5 Å². The maximum absolute atomic E-state index is 8.44. The van der Waals surface area contributed by atoms with E-state index >= 15 is 0 Å². The Kier molecular flexibility index (Phi) is 2.81. The number of hydrogen-bond acceptors (Lipinski definition) is 2. The molecule has 2 rings (SSSR count). The molecule has 1 aliphatic rings. The molecule has 0 radical (unpaired) electrons. The fraction of sp³-hybridized carbons (Fsp3) is 0.417. The van der Waals surface area contributed by atoms with Gasteiger partial charge < -0.3 is 5.32 Å². The number of unbranched alkanes of at least 4 members (excludes halogenated alkanes) is 1. The molecule has 0 spiro atoms. The quantitative estimate of drug-likeness (QED) is 0.734. The van der Waals surface area contributed by atoms with E-state index in [0.29, 0.717) is 6.42 Å². The lowest BCUT2D eigenvalue weighted by Crippen LogP contribution is -1.99. The Hall–Kier alpha value is -1.33. The summed E-state index contributed by atoms with van der Waals surface area (Å²) in [5, 5.41) is 11.8. The van der Waals surface area contributed by atoms with E-state index in [1.165, 1.54) is 16.7 Å². The largest absolute Gasteiger partial charge is 0.309 e. The summed E-state index contributed by atoms with van der Waals surface area (Å²) in [6, 6.07) is 8.84. The third kappa shape index (κ3) is 1.94. The number of nitriles is 1. The van der Waals surface area contributed by atoms with Gasteiger partial charge in [-0.3, -0.25) is 0 Å². The van der Waals surface area contributed by atoms with Crippen molar-refractivity contribution < 1.29 is 0 Å². The SMILES string of the molecule is N#CCCCc1ccc2c(c1)CNC2. The molecule has 0 aliphatic carbocycles. The van der Waals surface area contributed by atoms with Crippen molar-refractivity contribution in [2.24, 2.45) is 0 Å². The third-order valence-corrected chi connectivity index (χ3v) is 2.66. The van der Waals surface area contributed by atoms with Crippen molar-refractivity contribution in [3.63, 3.8) is 0 Å². The van der Waals surface area contributed by atoms with Crippen molar-refractivity contribution in [2.75, 3.05) is 0 Å². The van der Waals surface area contributed by atoms with E-state index in [4.69, 9.17) is 5.26 Å². The molecule has 2 heteroatoms. The van der Waals surface area contributed by atoms with E-state index in [1.54, 1.807) is 0 Å². The molecule has 0 atom stereocenters. The van der Waals surface area contributed by atoms with Crippen LogP contribution in [0.2, 0.25) is 0 Å². The maximum Gasteiger partial charge on any atom is 0.0621 e. The predicted molar refractivity (Wildman–Crippen MR) is 55.5 cm³/mol. The highest BCUT2D eigenvalue weighted by molar-refractivity contribution is 5.34. The van der Waals surface area contributed by atoms with Crippen LogP contribution in [0.4, 0.5) is 0 Å². The van der Waals surface area contributed by atoms with E-state index in [2.05, 4.69) is 29.6 Å². The van der Waals surface area contributed by atoms with E-state index in [9.17, 15) is 0 Å². The fourth-order valence-corrected chi connectivity index (χ4v) is 1.88. The number of aryl methyl sites for hydroxylation is 1. The summed E-state index contributed by atoms with van der Waals surface area (Å²) in [5.41, 5.74) is 4.22. The molecular weight excluding hydrogens is 172 g/mol. The lowest BCUT2D eigenvalue weighted by Gasteiger charge is -2.02. The molecule has 0 saturated heterocycles. The molecule has 72 valence electrons. The Morgan fingerprint density at radius 1 is 1.29 bits per heavy atom. The maximum atomic E-state index is 8.44. The van der Waals surface area contributed by atoms with Gasteiger partial charge in [0, 0.05) is 19.5 Å². The molecule has 1 N–H and O–H groups in total. The average Bonchev–Trinajstić information content (AvgIpc) is 2.65. The molecule has 0 amide bonds. The van der Waals surface area contributed by atoms with Gasteiger partial charge in [0.15, 0.2) is 0 Å². The Morgan fingerprint density at radius 2 is 2.14 bits per heavy atom. The highest BCUT2D eigenvalue weighted by Gasteiger charge is 2.09. The van der Waals surface area contributed by atoms with Gasteiger partial charge in [-0.1, -0.05) is 18.2 Å². The Morgan fingerprint density at radius 3 is 3.00 bits per heavy atom. The van der Waals surface area contributed by atoms with Crippen LogP contribution in [0, 0.1) is 11.3 Å². The van der Waals surface area contributed by atoms with Crippen LogP contribution in [0.15, 0.2) is 18.2 Å². The first-order valence-corrected chi connectivity index (χ1v) is 5.08. The smallest absolute Gasteiger partial charge is 0.0621 e. The first-order valence-electron chi connectivity index (χ1n) is 5.08. The standard InChI is InChI=1S/C12H14N2/c13-6-2-1-3-10-4-5-11-8-14-9-12(11)7-10/h4-5,7,14H,1-3,8-9H2. The number of hydrogen-bond donors (Lipinski definition) is 1. The van der Waals surface area contributed by atoms with Crippen molar-refractivity contribution in [3.05, 3.63) is 34.9 Å². The van der Waals surface area contributed by atoms with Crippen LogP contribution in [0.1, 0.15) is 29.5 Å². The van der Waals surface area contributed by atoms with Crippen LogP contribution in [0.25, 0.3) is 0 Å². The van der Waals surface area contributed by atoms with Crippen molar-refractivity contribution in [1.82, 2.24) is 5.32 Å².